The summed E-state index contributed by atoms with van der Waals surface area (Å²) in [5.41, 5.74) is 1.16. The van der Waals surface area contributed by atoms with Crippen LogP contribution in [-0.2, 0) is 4.79 Å². The van der Waals surface area contributed by atoms with E-state index in [4.69, 9.17) is 0 Å². The van der Waals surface area contributed by atoms with E-state index in [0.717, 1.165) is 24.9 Å². The summed E-state index contributed by atoms with van der Waals surface area (Å²) in [4.78, 5) is 24.7. The topological polar surface area (TPSA) is 58.2 Å². The van der Waals surface area contributed by atoms with Gasteiger partial charge in [-0.05, 0) is 74.6 Å². The molecule has 4 fully saturated rings. The molecule has 2 amide bonds. The molecule has 0 heterocycles. The molecule has 0 radical (unpaired) electrons. The van der Waals surface area contributed by atoms with Crippen LogP contribution in [0.2, 0.25) is 0 Å². The molecule has 5 rings (SSSR count). The van der Waals surface area contributed by atoms with Crippen molar-refractivity contribution in [2.24, 2.45) is 17.3 Å². The molecule has 5 heteroatoms. The average Bonchev–Trinajstić information content (AvgIpc) is 2.52. The first-order valence-electron chi connectivity index (χ1n) is 8.74. The molecule has 1 aromatic carbocycles. The molecule has 2 atom stereocenters. The van der Waals surface area contributed by atoms with E-state index in [2.05, 4.69) is 26.6 Å². The predicted molar refractivity (Wildman–Crippen MR) is 97.2 cm³/mol. The van der Waals surface area contributed by atoms with Gasteiger partial charge in [0.1, 0.15) is 0 Å². The van der Waals surface area contributed by atoms with Crippen LogP contribution in [0.4, 0.5) is 5.69 Å². The standard InChI is InChI=1S/C19H23BrN2O2/c1-21-16(23)14-2-4-15(5-3-14)22-17(24)18-7-12-6-13(8-18)10-19(20,9-12)11-18/h2-5,12-13H,6-11H2,1H3,(H,21,23)(H,22,24). The van der Waals surface area contributed by atoms with Gasteiger partial charge in [0, 0.05) is 22.6 Å². The molecule has 2 unspecified atom stereocenters. The highest BCUT2D eigenvalue weighted by Crippen LogP contribution is 2.64. The zero-order chi connectivity index (χ0) is 16.9. The summed E-state index contributed by atoms with van der Waals surface area (Å²) < 4.78 is 0.178. The van der Waals surface area contributed by atoms with Gasteiger partial charge in [-0.1, -0.05) is 15.9 Å². The van der Waals surface area contributed by atoms with Crippen LogP contribution >= 0.6 is 15.9 Å². The lowest BCUT2D eigenvalue weighted by atomic mass is 9.49. The van der Waals surface area contributed by atoms with Gasteiger partial charge in [0.25, 0.3) is 5.91 Å². The van der Waals surface area contributed by atoms with E-state index in [9.17, 15) is 9.59 Å². The van der Waals surface area contributed by atoms with Crippen LogP contribution in [0.15, 0.2) is 24.3 Å². The van der Waals surface area contributed by atoms with E-state index in [1.165, 1.54) is 19.3 Å². The number of carbonyl (C=O) groups is 2. The van der Waals surface area contributed by atoms with Crippen LogP contribution in [0.25, 0.3) is 0 Å². The summed E-state index contributed by atoms with van der Waals surface area (Å²) >= 11 is 3.96. The van der Waals surface area contributed by atoms with Crippen molar-refractivity contribution in [1.29, 1.82) is 0 Å². The number of hydrogen-bond donors (Lipinski definition) is 2. The Labute approximate surface area is 150 Å². The lowest BCUT2D eigenvalue weighted by molar-refractivity contribution is -0.138. The number of anilines is 1. The molecule has 4 aliphatic carbocycles. The average molecular weight is 391 g/mol. The van der Waals surface area contributed by atoms with Crippen molar-refractivity contribution in [2.45, 2.75) is 42.8 Å². The molecule has 0 spiro atoms. The van der Waals surface area contributed by atoms with E-state index >= 15 is 0 Å². The van der Waals surface area contributed by atoms with Gasteiger partial charge in [-0.25, -0.2) is 0 Å². The highest BCUT2D eigenvalue weighted by molar-refractivity contribution is 9.10. The van der Waals surface area contributed by atoms with Crippen LogP contribution in [0.1, 0.15) is 48.9 Å². The molecule has 0 saturated heterocycles. The number of hydrogen-bond acceptors (Lipinski definition) is 2. The highest BCUT2D eigenvalue weighted by atomic mass is 79.9. The van der Waals surface area contributed by atoms with E-state index < -0.39 is 0 Å². The number of halogens is 1. The number of benzene rings is 1. The van der Waals surface area contributed by atoms with Crippen LogP contribution in [-0.4, -0.2) is 23.2 Å². The summed E-state index contributed by atoms with van der Waals surface area (Å²) in [6.45, 7) is 0. The van der Waals surface area contributed by atoms with Gasteiger partial charge in [-0.3, -0.25) is 9.59 Å². The third-order valence-corrected chi connectivity index (χ3v) is 7.03. The monoisotopic (exact) mass is 390 g/mol. The van der Waals surface area contributed by atoms with Gasteiger partial charge >= 0.3 is 0 Å². The van der Waals surface area contributed by atoms with Crippen molar-refractivity contribution in [3.8, 4) is 0 Å². The Kier molecular flexibility index (Phi) is 3.75. The molecule has 4 aliphatic rings. The van der Waals surface area contributed by atoms with Gasteiger partial charge in [0.15, 0.2) is 0 Å². The Balaban J connectivity index is 1.51. The van der Waals surface area contributed by atoms with Crippen LogP contribution in [0, 0.1) is 17.3 Å². The third kappa shape index (κ3) is 2.67. The second-order valence-corrected chi connectivity index (χ2v) is 9.69. The second kappa shape index (κ2) is 5.58. The van der Waals surface area contributed by atoms with Crippen molar-refractivity contribution in [3.05, 3.63) is 29.8 Å². The number of rotatable bonds is 3. The molecule has 0 aromatic heterocycles. The summed E-state index contributed by atoms with van der Waals surface area (Å²) in [5.74, 6) is 1.42. The molecule has 4 nitrogen and oxygen atoms in total. The first-order chi connectivity index (χ1) is 11.4. The molecule has 0 aliphatic heterocycles. The van der Waals surface area contributed by atoms with Crippen molar-refractivity contribution in [3.63, 3.8) is 0 Å². The smallest absolute Gasteiger partial charge is 0.251 e. The first-order valence-corrected chi connectivity index (χ1v) is 9.53. The SMILES string of the molecule is CNC(=O)c1ccc(NC(=O)C23CC4CC(CC(Br)(C4)C2)C3)cc1. The Morgan fingerprint density at radius 2 is 1.71 bits per heavy atom. The normalized spacial score (nSPS) is 36.4. The quantitative estimate of drug-likeness (QED) is 0.772. The number of amides is 2. The Hall–Kier alpha value is -1.36. The van der Waals surface area contributed by atoms with Crippen LogP contribution in [0.5, 0.6) is 0 Å². The molecule has 24 heavy (non-hydrogen) atoms. The summed E-state index contributed by atoms with van der Waals surface area (Å²) in [6, 6.07) is 7.12. The molecule has 128 valence electrons. The summed E-state index contributed by atoms with van der Waals surface area (Å²) in [6.07, 6.45) is 6.75. The van der Waals surface area contributed by atoms with Gasteiger partial charge in [0.2, 0.25) is 5.91 Å². The van der Waals surface area contributed by atoms with E-state index in [-0.39, 0.29) is 21.6 Å². The van der Waals surface area contributed by atoms with Gasteiger partial charge in [-0.15, -0.1) is 0 Å². The van der Waals surface area contributed by atoms with E-state index in [1.54, 1.807) is 19.2 Å². The van der Waals surface area contributed by atoms with Crippen molar-refractivity contribution < 1.29 is 9.59 Å². The first kappa shape index (κ1) is 16.1. The van der Waals surface area contributed by atoms with Crippen LogP contribution in [0.3, 0.4) is 0 Å². The molecular weight excluding hydrogens is 368 g/mol. The minimum atomic E-state index is -0.215. The zero-order valence-electron chi connectivity index (χ0n) is 13.9. The van der Waals surface area contributed by atoms with Gasteiger partial charge < -0.3 is 10.6 Å². The third-order valence-electron chi connectivity index (χ3n) is 6.10. The Morgan fingerprint density at radius 3 is 2.25 bits per heavy atom. The van der Waals surface area contributed by atoms with E-state index in [1.807, 2.05) is 12.1 Å². The van der Waals surface area contributed by atoms with Gasteiger partial charge in [0.05, 0.1) is 5.41 Å². The Bertz CT molecular complexity index is 671. The fourth-order valence-electron chi connectivity index (χ4n) is 5.53. The fourth-order valence-corrected chi connectivity index (χ4v) is 6.98. The molecular formula is C19H23BrN2O2. The number of alkyl halides is 1. The van der Waals surface area contributed by atoms with Crippen LogP contribution < -0.4 is 10.6 Å². The lowest BCUT2D eigenvalue weighted by Crippen LogP contribution is -2.57. The largest absolute Gasteiger partial charge is 0.355 e. The zero-order valence-corrected chi connectivity index (χ0v) is 15.5. The lowest BCUT2D eigenvalue weighted by Gasteiger charge is -2.59. The number of nitrogens with one attached hydrogen (secondary N) is 2. The van der Waals surface area contributed by atoms with Crippen molar-refractivity contribution >= 4 is 33.4 Å². The number of carbonyl (C=O) groups excluding carboxylic acids is 2. The fraction of sp³-hybridized carbons (Fsp3) is 0.579. The predicted octanol–water partition coefficient (Wildman–Crippen LogP) is 3.72. The highest BCUT2D eigenvalue weighted by Gasteiger charge is 2.59. The van der Waals surface area contributed by atoms with Gasteiger partial charge in [-0.2, -0.15) is 0 Å². The minimum Gasteiger partial charge on any atom is -0.355 e. The minimum absolute atomic E-state index is 0.116. The maximum Gasteiger partial charge on any atom is 0.251 e. The summed E-state index contributed by atoms with van der Waals surface area (Å²) in [5, 5.41) is 5.71. The van der Waals surface area contributed by atoms with E-state index in [0.29, 0.717) is 17.4 Å². The van der Waals surface area contributed by atoms with Crippen molar-refractivity contribution in [1.82, 2.24) is 5.32 Å². The Morgan fingerprint density at radius 1 is 1.08 bits per heavy atom. The molecule has 2 N–H and O–H groups in total. The maximum atomic E-state index is 13.1. The maximum absolute atomic E-state index is 13.1. The van der Waals surface area contributed by atoms with Crippen molar-refractivity contribution in [2.75, 3.05) is 12.4 Å². The molecule has 1 aromatic rings. The summed E-state index contributed by atoms with van der Waals surface area (Å²) in [7, 11) is 1.61. The molecule has 4 saturated carbocycles. The second-order valence-electron chi connectivity index (χ2n) is 8.00. The molecule has 4 bridgehead atoms.